The van der Waals surface area contributed by atoms with E-state index in [1.807, 2.05) is 25.7 Å². The summed E-state index contributed by atoms with van der Waals surface area (Å²) in [4.78, 5) is 19.5. The van der Waals surface area contributed by atoms with Gasteiger partial charge in [-0.3, -0.25) is 0 Å². The maximum atomic E-state index is 11.9. The van der Waals surface area contributed by atoms with Crippen molar-refractivity contribution in [1.82, 2.24) is 20.1 Å². The zero-order valence-electron chi connectivity index (χ0n) is 13.2. The lowest BCUT2D eigenvalue weighted by Crippen LogP contribution is -2.52. The monoisotopic (exact) mass is 328 g/mol. The number of aromatic nitrogens is 3. The van der Waals surface area contributed by atoms with Crippen molar-refractivity contribution in [3.8, 4) is 0 Å². The van der Waals surface area contributed by atoms with Crippen molar-refractivity contribution in [2.45, 2.75) is 26.4 Å². The molecule has 1 amide bonds. The standard InChI is InChI=1S/C13H21ClN6O2/c1-13(2,3)22-12(21)19(4)5-8-6-20(7-8)11-16-10(15)9(14)17-18-11/h8H,5-7H2,1-4H3,(H2,15,16,18). The molecule has 2 heterocycles. The van der Waals surface area contributed by atoms with Gasteiger partial charge in [0.05, 0.1) is 0 Å². The Morgan fingerprint density at radius 3 is 2.64 bits per heavy atom. The van der Waals surface area contributed by atoms with Gasteiger partial charge >= 0.3 is 6.09 Å². The highest BCUT2D eigenvalue weighted by molar-refractivity contribution is 6.31. The number of carbonyl (C=O) groups excluding carboxylic acids is 1. The van der Waals surface area contributed by atoms with Gasteiger partial charge in [-0.2, -0.15) is 4.98 Å². The predicted octanol–water partition coefficient (Wildman–Crippen LogP) is 1.41. The zero-order valence-corrected chi connectivity index (χ0v) is 14.0. The third kappa shape index (κ3) is 4.09. The molecule has 22 heavy (non-hydrogen) atoms. The van der Waals surface area contributed by atoms with Crippen LogP contribution in [0.2, 0.25) is 5.15 Å². The van der Waals surface area contributed by atoms with E-state index in [9.17, 15) is 4.79 Å². The molecule has 0 aliphatic carbocycles. The van der Waals surface area contributed by atoms with Gasteiger partial charge in [-0.25, -0.2) is 4.79 Å². The van der Waals surface area contributed by atoms with Crippen LogP contribution in [0.5, 0.6) is 0 Å². The number of carbonyl (C=O) groups is 1. The van der Waals surface area contributed by atoms with Gasteiger partial charge in [0, 0.05) is 32.6 Å². The molecular formula is C13H21ClN6O2. The average Bonchev–Trinajstić information content (AvgIpc) is 2.34. The van der Waals surface area contributed by atoms with Crippen molar-refractivity contribution in [3.05, 3.63) is 5.15 Å². The number of nitrogens with zero attached hydrogens (tertiary/aromatic N) is 5. The van der Waals surface area contributed by atoms with Crippen LogP contribution in [0.1, 0.15) is 20.8 Å². The molecule has 122 valence electrons. The number of hydrogen-bond donors (Lipinski definition) is 1. The maximum absolute atomic E-state index is 11.9. The SMILES string of the molecule is CN(CC1CN(c2nnc(Cl)c(N)n2)C1)C(=O)OC(C)(C)C. The molecule has 1 fully saturated rings. The van der Waals surface area contributed by atoms with E-state index in [1.54, 1.807) is 11.9 Å². The number of nitrogen functional groups attached to an aromatic ring is 1. The average molecular weight is 329 g/mol. The lowest BCUT2D eigenvalue weighted by molar-refractivity contribution is 0.0265. The lowest BCUT2D eigenvalue weighted by Gasteiger charge is -2.40. The van der Waals surface area contributed by atoms with E-state index < -0.39 is 5.60 Å². The van der Waals surface area contributed by atoms with Crippen molar-refractivity contribution >= 4 is 29.5 Å². The van der Waals surface area contributed by atoms with E-state index in [-0.39, 0.29) is 17.1 Å². The normalized spacial score (nSPS) is 15.4. The smallest absolute Gasteiger partial charge is 0.410 e. The molecule has 0 aromatic carbocycles. The van der Waals surface area contributed by atoms with Gasteiger partial charge in [0.15, 0.2) is 11.0 Å². The van der Waals surface area contributed by atoms with Crippen molar-refractivity contribution < 1.29 is 9.53 Å². The molecule has 0 bridgehead atoms. The second kappa shape index (κ2) is 6.12. The Labute approximate surface area is 134 Å². The first-order valence-electron chi connectivity index (χ1n) is 7.00. The minimum Gasteiger partial charge on any atom is -0.444 e. The first-order chi connectivity index (χ1) is 10.2. The number of nitrogens with two attached hydrogens (primary N) is 1. The molecule has 0 spiro atoms. The third-order valence-electron chi connectivity index (χ3n) is 3.14. The van der Waals surface area contributed by atoms with Crippen LogP contribution < -0.4 is 10.6 Å². The summed E-state index contributed by atoms with van der Waals surface area (Å²) in [6.45, 7) is 7.62. The molecule has 0 saturated carbocycles. The minimum absolute atomic E-state index is 0.102. The fraction of sp³-hybridized carbons (Fsp3) is 0.692. The van der Waals surface area contributed by atoms with Gasteiger partial charge in [-0.15, -0.1) is 10.2 Å². The van der Waals surface area contributed by atoms with E-state index >= 15 is 0 Å². The Morgan fingerprint density at radius 2 is 2.09 bits per heavy atom. The Bertz CT molecular complexity index is 556. The van der Waals surface area contributed by atoms with E-state index in [2.05, 4.69) is 15.2 Å². The van der Waals surface area contributed by atoms with Gasteiger partial charge < -0.3 is 20.3 Å². The van der Waals surface area contributed by atoms with Gasteiger partial charge in [0.1, 0.15) is 5.60 Å². The van der Waals surface area contributed by atoms with Crippen LogP contribution in [0, 0.1) is 5.92 Å². The molecule has 0 unspecified atom stereocenters. The molecule has 0 radical (unpaired) electrons. The Morgan fingerprint density at radius 1 is 1.45 bits per heavy atom. The number of ether oxygens (including phenoxy) is 1. The van der Waals surface area contributed by atoms with Gasteiger partial charge in [-0.05, 0) is 20.8 Å². The molecule has 1 saturated heterocycles. The highest BCUT2D eigenvalue weighted by Gasteiger charge is 2.32. The van der Waals surface area contributed by atoms with E-state index in [4.69, 9.17) is 22.1 Å². The maximum Gasteiger partial charge on any atom is 0.410 e. The van der Waals surface area contributed by atoms with E-state index in [0.29, 0.717) is 18.4 Å². The number of amides is 1. The number of anilines is 2. The fourth-order valence-corrected chi connectivity index (χ4v) is 2.18. The highest BCUT2D eigenvalue weighted by atomic mass is 35.5. The van der Waals surface area contributed by atoms with Crippen LogP contribution in [0.25, 0.3) is 0 Å². The molecule has 2 N–H and O–H groups in total. The van der Waals surface area contributed by atoms with Crippen LogP contribution in [0.15, 0.2) is 0 Å². The predicted molar refractivity (Wildman–Crippen MR) is 83.8 cm³/mol. The molecule has 1 aliphatic heterocycles. The van der Waals surface area contributed by atoms with Crippen molar-refractivity contribution in [3.63, 3.8) is 0 Å². The summed E-state index contributed by atoms with van der Waals surface area (Å²) in [7, 11) is 1.73. The van der Waals surface area contributed by atoms with E-state index in [0.717, 1.165) is 13.1 Å². The summed E-state index contributed by atoms with van der Waals surface area (Å²) in [5.41, 5.74) is 5.12. The van der Waals surface area contributed by atoms with Gasteiger partial charge in [0.25, 0.3) is 0 Å². The zero-order chi connectivity index (χ0) is 16.5. The van der Waals surface area contributed by atoms with Crippen molar-refractivity contribution in [2.24, 2.45) is 5.92 Å². The molecule has 9 heteroatoms. The molecule has 1 aliphatic rings. The molecule has 2 rings (SSSR count). The van der Waals surface area contributed by atoms with Gasteiger partial charge in [0.2, 0.25) is 5.95 Å². The van der Waals surface area contributed by atoms with Crippen LogP contribution in [-0.4, -0.2) is 58.5 Å². The summed E-state index contributed by atoms with van der Waals surface area (Å²) in [6.07, 6.45) is -0.320. The van der Waals surface area contributed by atoms with Crippen molar-refractivity contribution in [1.29, 1.82) is 0 Å². The molecule has 1 aromatic heterocycles. The van der Waals surface area contributed by atoms with Crippen LogP contribution in [0.3, 0.4) is 0 Å². The van der Waals surface area contributed by atoms with E-state index in [1.165, 1.54) is 0 Å². The first kappa shape index (κ1) is 16.5. The number of halogens is 1. The topological polar surface area (TPSA) is 97.5 Å². The first-order valence-corrected chi connectivity index (χ1v) is 7.38. The summed E-state index contributed by atoms with van der Waals surface area (Å²) >= 11 is 5.69. The Kier molecular flexibility index (Phi) is 4.60. The lowest BCUT2D eigenvalue weighted by atomic mass is 10.0. The van der Waals surface area contributed by atoms with Crippen LogP contribution >= 0.6 is 11.6 Å². The summed E-state index contributed by atoms with van der Waals surface area (Å²) < 4.78 is 5.32. The molecule has 0 atom stereocenters. The summed E-state index contributed by atoms with van der Waals surface area (Å²) in [5, 5.41) is 7.75. The molecular weight excluding hydrogens is 308 g/mol. The molecule has 8 nitrogen and oxygen atoms in total. The van der Waals surface area contributed by atoms with Crippen LogP contribution in [-0.2, 0) is 4.74 Å². The summed E-state index contributed by atoms with van der Waals surface area (Å²) in [5.74, 6) is 0.956. The fourth-order valence-electron chi connectivity index (χ4n) is 2.10. The van der Waals surface area contributed by atoms with Gasteiger partial charge in [-0.1, -0.05) is 11.6 Å². The minimum atomic E-state index is -0.489. The Balaban J connectivity index is 1.81. The number of rotatable bonds is 3. The summed E-state index contributed by atoms with van der Waals surface area (Å²) in [6, 6.07) is 0. The van der Waals surface area contributed by atoms with Crippen LogP contribution in [0.4, 0.5) is 16.6 Å². The second-order valence-electron chi connectivity index (χ2n) is 6.42. The quantitative estimate of drug-likeness (QED) is 0.895. The molecule has 1 aromatic rings. The largest absolute Gasteiger partial charge is 0.444 e. The number of hydrogen-bond acceptors (Lipinski definition) is 7. The second-order valence-corrected chi connectivity index (χ2v) is 6.78. The Hall–Kier alpha value is -1.83. The third-order valence-corrected chi connectivity index (χ3v) is 3.41. The van der Waals surface area contributed by atoms with Crippen molar-refractivity contribution in [2.75, 3.05) is 37.3 Å². The highest BCUT2D eigenvalue weighted by Crippen LogP contribution is 2.23.